The zero-order valence-electron chi connectivity index (χ0n) is 9.91. The van der Waals surface area contributed by atoms with Crippen molar-refractivity contribution < 1.29 is 4.74 Å². The topological polar surface area (TPSA) is 38.2 Å². The Labute approximate surface area is 111 Å². The lowest BCUT2D eigenvalue weighted by Gasteiger charge is -2.29. The van der Waals surface area contributed by atoms with Crippen LogP contribution in [0.4, 0.5) is 0 Å². The fourth-order valence-corrected chi connectivity index (χ4v) is 2.48. The summed E-state index contributed by atoms with van der Waals surface area (Å²) in [5.74, 6) is 0.573. The molecule has 0 saturated carbocycles. The van der Waals surface area contributed by atoms with Crippen LogP contribution in [0.1, 0.15) is 24.4 Å². The summed E-state index contributed by atoms with van der Waals surface area (Å²) in [6, 6.07) is 0. The number of rotatable bonds is 2. The maximum Gasteiger partial charge on any atom is 0.161 e. The third-order valence-electron chi connectivity index (χ3n) is 2.83. The molecule has 1 aliphatic rings. The summed E-state index contributed by atoms with van der Waals surface area (Å²) < 4.78 is 5.63. The summed E-state index contributed by atoms with van der Waals surface area (Å²) in [6.45, 7) is 4.33. The van der Waals surface area contributed by atoms with Crippen molar-refractivity contribution in [2.45, 2.75) is 19.4 Å². The van der Waals surface area contributed by atoms with Crippen molar-refractivity contribution in [1.82, 2.24) is 14.9 Å². The van der Waals surface area contributed by atoms with Gasteiger partial charge in [-0.1, -0.05) is 30.1 Å². The molecule has 4 nitrogen and oxygen atoms in total. The Hall–Kier alpha value is -0.420. The number of hydrogen-bond donors (Lipinski definition) is 0. The summed E-state index contributed by atoms with van der Waals surface area (Å²) >= 11 is 12.2. The van der Waals surface area contributed by atoms with Crippen molar-refractivity contribution >= 4 is 23.2 Å². The molecule has 0 N–H and O–H groups in total. The van der Waals surface area contributed by atoms with Crippen molar-refractivity contribution in [1.29, 1.82) is 0 Å². The van der Waals surface area contributed by atoms with Gasteiger partial charge in [-0.15, -0.1) is 0 Å². The molecule has 2 rings (SSSR count). The molecule has 0 aliphatic carbocycles. The van der Waals surface area contributed by atoms with Crippen molar-refractivity contribution in [2.24, 2.45) is 0 Å². The molecular formula is C11H15Cl2N3O. The Morgan fingerprint density at radius 2 is 2.00 bits per heavy atom. The molecule has 6 heteroatoms. The lowest BCUT2D eigenvalue weighted by atomic mass is 10.2. The summed E-state index contributed by atoms with van der Waals surface area (Å²) in [6.07, 6.45) is 0.582. The summed E-state index contributed by atoms with van der Waals surface area (Å²) in [7, 11) is 2.04. The second kappa shape index (κ2) is 5.48. The van der Waals surface area contributed by atoms with Gasteiger partial charge in [0.1, 0.15) is 16.4 Å². The predicted octanol–water partition coefficient (Wildman–Crippen LogP) is 2.35. The lowest BCUT2D eigenvalue weighted by molar-refractivity contribution is -0.0255. The molecule has 1 saturated heterocycles. The maximum absolute atomic E-state index is 6.09. The average molecular weight is 276 g/mol. The van der Waals surface area contributed by atoms with E-state index < -0.39 is 0 Å². The molecule has 1 fully saturated rings. The first kappa shape index (κ1) is 13.0. The first-order valence-electron chi connectivity index (χ1n) is 5.63. The van der Waals surface area contributed by atoms with Gasteiger partial charge < -0.3 is 9.64 Å². The smallest absolute Gasteiger partial charge is 0.161 e. The largest absolute Gasteiger partial charge is 0.368 e. The van der Waals surface area contributed by atoms with Gasteiger partial charge in [-0.05, 0) is 13.5 Å². The Balaban J connectivity index is 2.27. The van der Waals surface area contributed by atoms with E-state index in [1.165, 1.54) is 0 Å². The van der Waals surface area contributed by atoms with E-state index in [2.05, 4.69) is 14.9 Å². The summed E-state index contributed by atoms with van der Waals surface area (Å²) in [5, 5.41) is 0.860. The predicted molar refractivity (Wildman–Crippen MR) is 67.6 cm³/mol. The molecule has 1 unspecified atom stereocenters. The maximum atomic E-state index is 6.09. The van der Waals surface area contributed by atoms with E-state index in [1.807, 2.05) is 14.0 Å². The highest BCUT2D eigenvalue weighted by Gasteiger charge is 2.23. The van der Waals surface area contributed by atoms with Crippen molar-refractivity contribution in [3.63, 3.8) is 0 Å². The van der Waals surface area contributed by atoms with Gasteiger partial charge >= 0.3 is 0 Å². The normalized spacial score (nSPS) is 21.8. The van der Waals surface area contributed by atoms with Crippen molar-refractivity contribution in [2.75, 3.05) is 26.7 Å². The van der Waals surface area contributed by atoms with Crippen LogP contribution in [0.15, 0.2) is 0 Å². The van der Waals surface area contributed by atoms with Crippen molar-refractivity contribution in [3.8, 4) is 0 Å². The van der Waals surface area contributed by atoms with Crippen LogP contribution >= 0.6 is 23.2 Å². The standard InChI is InChI=1S/C11H15Cl2N3O/c1-3-7-9(12)14-11(15-10(7)13)8-6-16(2)4-5-17-8/h8H,3-6H2,1-2H3. The molecule has 1 atom stereocenters. The minimum absolute atomic E-state index is 0.144. The average Bonchev–Trinajstić information content (AvgIpc) is 2.28. The van der Waals surface area contributed by atoms with Gasteiger partial charge in [-0.25, -0.2) is 9.97 Å². The Kier molecular flexibility index (Phi) is 4.20. The molecular weight excluding hydrogens is 261 g/mol. The Morgan fingerprint density at radius 1 is 1.35 bits per heavy atom. The minimum atomic E-state index is -0.144. The van der Waals surface area contributed by atoms with Crippen LogP contribution < -0.4 is 0 Å². The van der Waals surface area contributed by atoms with E-state index in [0.717, 1.165) is 25.1 Å². The van der Waals surface area contributed by atoms with Crippen LogP contribution in [0.2, 0.25) is 10.3 Å². The number of likely N-dealkylation sites (N-methyl/N-ethyl adjacent to an activating group) is 1. The quantitative estimate of drug-likeness (QED) is 0.777. The summed E-state index contributed by atoms with van der Waals surface area (Å²) in [4.78, 5) is 10.7. The summed E-state index contributed by atoms with van der Waals surface area (Å²) in [5.41, 5.74) is 0.793. The number of hydrogen-bond acceptors (Lipinski definition) is 4. The molecule has 0 radical (unpaired) electrons. The molecule has 17 heavy (non-hydrogen) atoms. The Bertz CT molecular complexity index is 391. The molecule has 94 valence electrons. The van der Waals surface area contributed by atoms with Crippen LogP contribution in [0.5, 0.6) is 0 Å². The van der Waals surface area contributed by atoms with Gasteiger partial charge in [-0.2, -0.15) is 0 Å². The first-order valence-corrected chi connectivity index (χ1v) is 6.39. The third-order valence-corrected chi connectivity index (χ3v) is 3.46. The van der Waals surface area contributed by atoms with E-state index in [1.54, 1.807) is 0 Å². The van der Waals surface area contributed by atoms with Gasteiger partial charge in [0.2, 0.25) is 0 Å². The van der Waals surface area contributed by atoms with E-state index >= 15 is 0 Å². The second-order valence-electron chi connectivity index (χ2n) is 4.12. The SMILES string of the molecule is CCc1c(Cl)nc(C2CN(C)CCO2)nc1Cl. The molecule has 1 aliphatic heterocycles. The number of morpholine rings is 1. The van der Waals surface area contributed by atoms with Gasteiger partial charge in [0.25, 0.3) is 0 Å². The van der Waals surface area contributed by atoms with E-state index in [9.17, 15) is 0 Å². The zero-order valence-corrected chi connectivity index (χ0v) is 11.4. The van der Waals surface area contributed by atoms with Gasteiger partial charge in [-0.3, -0.25) is 0 Å². The molecule has 2 heterocycles. The van der Waals surface area contributed by atoms with E-state index in [-0.39, 0.29) is 6.10 Å². The Morgan fingerprint density at radius 3 is 2.53 bits per heavy atom. The highest BCUT2D eigenvalue weighted by molar-refractivity contribution is 6.34. The number of nitrogens with zero attached hydrogens (tertiary/aromatic N) is 3. The highest BCUT2D eigenvalue weighted by Crippen LogP contribution is 2.26. The third kappa shape index (κ3) is 2.88. The number of ether oxygens (including phenoxy) is 1. The molecule has 1 aromatic rings. The van der Waals surface area contributed by atoms with Gasteiger partial charge in [0, 0.05) is 18.7 Å². The first-order chi connectivity index (χ1) is 8.11. The molecule has 0 aromatic carbocycles. The van der Waals surface area contributed by atoms with Gasteiger partial charge in [0.15, 0.2) is 5.82 Å². The van der Waals surface area contributed by atoms with Gasteiger partial charge in [0.05, 0.1) is 6.61 Å². The van der Waals surface area contributed by atoms with Crippen LogP contribution in [0.3, 0.4) is 0 Å². The highest BCUT2D eigenvalue weighted by atomic mass is 35.5. The van der Waals surface area contributed by atoms with Crippen LogP contribution in [0.25, 0.3) is 0 Å². The molecule has 0 amide bonds. The molecule has 0 bridgehead atoms. The second-order valence-corrected chi connectivity index (χ2v) is 4.83. The number of halogens is 2. The molecule has 1 aromatic heterocycles. The van der Waals surface area contributed by atoms with E-state index in [0.29, 0.717) is 22.7 Å². The monoisotopic (exact) mass is 275 g/mol. The van der Waals surface area contributed by atoms with Crippen LogP contribution in [0, 0.1) is 0 Å². The van der Waals surface area contributed by atoms with E-state index in [4.69, 9.17) is 27.9 Å². The van der Waals surface area contributed by atoms with Crippen LogP contribution in [-0.4, -0.2) is 41.6 Å². The van der Waals surface area contributed by atoms with Crippen molar-refractivity contribution in [3.05, 3.63) is 21.7 Å². The minimum Gasteiger partial charge on any atom is -0.368 e. The number of aromatic nitrogens is 2. The fourth-order valence-electron chi connectivity index (χ4n) is 1.82. The fraction of sp³-hybridized carbons (Fsp3) is 0.636. The molecule has 0 spiro atoms. The zero-order chi connectivity index (χ0) is 12.4. The van der Waals surface area contributed by atoms with Crippen LogP contribution in [-0.2, 0) is 11.2 Å². The lowest BCUT2D eigenvalue weighted by Crippen LogP contribution is -2.36.